The Morgan fingerprint density at radius 1 is 1.26 bits per heavy atom. The van der Waals surface area contributed by atoms with Crippen LogP contribution in [-0.4, -0.2) is 54.3 Å². The number of unbranched alkanes of at least 4 members (excludes halogenated alkanes) is 1. The van der Waals surface area contributed by atoms with Gasteiger partial charge in [-0.3, -0.25) is 9.35 Å². The molecule has 19 heavy (non-hydrogen) atoms. The van der Waals surface area contributed by atoms with Crippen molar-refractivity contribution in [1.29, 1.82) is 0 Å². The molecule has 0 radical (unpaired) electrons. The van der Waals surface area contributed by atoms with Gasteiger partial charge in [-0.25, -0.2) is 4.79 Å². The molecule has 0 spiro atoms. The van der Waals surface area contributed by atoms with E-state index in [4.69, 9.17) is 21.1 Å². The minimum atomic E-state index is -4.51. The van der Waals surface area contributed by atoms with E-state index in [1.165, 1.54) is 0 Å². The number of rotatable bonds is 9. The van der Waals surface area contributed by atoms with Crippen molar-refractivity contribution >= 4 is 22.0 Å². The third kappa shape index (κ3) is 8.48. The Bertz CT molecular complexity index is 410. The van der Waals surface area contributed by atoms with Crippen molar-refractivity contribution in [3.63, 3.8) is 0 Å². The van der Waals surface area contributed by atoms with E-state index >= 15 is 0 Å². The van der Waals surface area contributed by atoms with Crippen molar-refractivity contribution in [2.45, 2.75) is 31.3 Å². The number of amides is 1. The van der Waals surface area contributed by atoms with Crippen LogP contribution in [0.1, 0.15) is 19.3 Å². The summed E-state index contributed by atoms with van der Waals surface area (Å²) in [5.74, 6) is -3.46. The number of nitrogens with one attached hydrogen (secondary N) is 1. The van der Waals surface area contributed by atoms with E-state index in [9.17, 15) is 18.0 Å². The molecule has 2 atom stereocenters. The van der Waals surface area contributed by atoms with Crippen molar-refractivity contribution in [2.75, 3.05) is 12.3 Å². The van der Waals surface area contributed by atoms with Crippen LogP contribution >= 0.6 is 0 Å². The van der Waals surface area contributed by atoms with Gasteiger partial charge < -0.3 is 21.9 Å². The minimum Gasteiger partial charge on any atom is -0.480 e. The van der Waals surface area contributed by atoms with Gasteiger partial charge in [-0.1, -0.05) is 6.42 Å². The summed E-state index contributed by atoms with van der Waals surface area (Å²) in [5.41, 5.74) is 10.8. The predicted molar refractivity (Wildman–Crippen MR) is 66.9 cm³/mol. The molecule has 0 fully saturated rings. The van der Waals surface area contributed by atoms with Crippen molar-refractivity contribution < 1.29 is 27.7 Å². The average Bonchev–Trinajstić information content (AvgIpc) is 2.26. The van der Waals surface area contributed by atoms with Crippen LogP contribution in [0.25, 0.3) is 0 Å². The number of carboxylic acids is 1. The Hall–Kier alpha value is -1.23. The Kier molecular flexibility index (Phi) is 7.52. The fourth-order valence-electron chi connectivity index (χ4n) is 1.30. The van der Waals surface area contributed by atoms with Gasteiger partial charge in [-0.15, -0.1) is 0 Å². The third-order valence-electron chi connectivity index (χ3n) is 2.30. The van der Waals surface area contributed by atoms with E-state index in [0.717, 1.165) is 0 Å². The zero-order valence-corrected chi connectivity index (χ0v) is 11.1. The largest absolute Gasteiger partial charge is 0.480 e. The Labute approximate surface area is 111 Å². The Morgan fingerprint density at radius 3 is 2.26 bits per heavy atom. The van der Waals surface area contributed by atoms with Gasteiger partial charge in [0.05, 0.1) is 6.04 Å². The van der Waals surface area contributed by atoms with Gasteiger partial charge in [0.1, 0.15) is 11.8 Å². The molecule has 0 aromatic carbocycles. The van der Waals surface area contributed by atoms with Gasteiger partial charge in [0.25, 0.3) is 10.1 Å². The highest BCUT2D eigenvalue weighted by Crippen LogP contribution is 1.99. The smallest absolute Gasteiger partial charge is 0.327 e. The van der Waals surface area contributed by atoms with Crippen molar-refractivity contribution in [3.8, 4) is 0 Å². The first-order chi connectivity index (χ1) is 8.67. The number of hydrogen-bond acceptors (Lipinski definition) is 6. The SMILES string of the molecule is NCCCCC(N)C(=O)NC(CS(=O)(=O)O)C(=O)O. The van der Waals surface area contributed by atoms with E-state index in [-0.39, 0.29) is 0 Å². The van der Waals surface area contributed by atoms with E-state index in [2.05, 4.69) is 0 Å². The number of carbonyl (C=O) groups excluding carboxylic acids is 1. The second kappa shape index (κ2) is 8.04. The lowest BCUT2D eigenvalue weighted by atomic mass is 10.1. The van der Waals surface area contributed by atoms with Gasteiger partial charge in [-0.05, 0) is 19.4 Å². The lowest BCUT2D eigenvalue weighted by Gasteiger charge is -2.16. The fraction of sp³-hybridized carbons (Fsp3) is 0.778. The molecule has 10 heteroatoms. The minimum absolute atomic E-state index is 0.307. The first-order valence-electron chi connectivity index (χ1n) is 5.61. The molecular formula is C9H19N3O6S. The van der Waals surface area contributed by atoms with Gasteiger partial charge in [0.15, 0.2) is 0 Å². The molecule has 2 unspecified atom stereocenters. The zero-order valence-electron chi connectivity index (χ0n) is 10.3. The van der Waals surface area contributed by atoms with Crippen LogP contribution in [0, 0.1) is 0 Å². The molecule has 112 valence electrons. The summed E-state index contributed by atoms with van der Waals surface area (Å²) in [7, 11) is -4.51. The maximum absolute atomic E-state index is 11.5. The molecule has 0 aliphatic carbocycles. The lowest BCUT2D eigenvalue weighted by Crippen LogP contribution is -2.51. The van der Waals surface area contributed by atoms with Gasteiger partial charge in [0.2, 0.25) is 5.91 Å². The molecule has 0 aliphatic rings. The summed E-state index contributed by atoms with van der Waals surface area (Å²) in [4.78, 5) is 22.3. The molecule has 7 N–H and O–H groups in total. The van der Waals surface area contributed by atoms with Gasteiger partial charge >= 0.3 is 5.97 Å². The highest BCUT2D eigenvalue weighted by molar-refractivity contribution is 7.85. The standard InChI is InChI=1S/C9H19N3O6S/c10-4-2-1-3-6(11)8(13)12-7(9(14)15)5-19(16,17)18/h6-7H,1-5,10-11H2,(H,12,13)(H,14,15)(H,16,17,18). The van der Waals surface area contributed by atoms with Crippen LogP contribution in [0.2, 0.25) is 0 Å². The molecule has 0 aromatic rings. The van der Waals surface area contributed by atoms with E-state index in [1.54, 1.807) is 0 Å². The Morgan fingerprint density at radius 2 is 1.84 bits per heavy atom. The number of aliphatic carboxylic acids is 1. The summed E-state index contributed by atoms with van der Waals surface area (Å²) in [6.07, 6.45) is 1.58. The topological polar surface area (TPSA) is 173 Å². The molecule has 0 aromatic heterocycles. The van der Waals surface area contributed by atoms with E-state index < -0.39 is 39.8 Å². The van der Waals surface area contributed by atoms with Crippen molar-refractivity contribution in [1.82, 2.24) is 5.32 Å². The van der Waals surface area contributed by atoms with Crippen molar-refractivity contribution in [2.24, 2.45) is 11.5 Å². The highest BCUT2D eigenvalue weighted by atomic mass is 32.2. The first kappa shape index (κ1) is 17.8. The fourth-order valence-corrected chi connectivity index (χ4v) is 1.95. The summed E-state index contributed by atoms with van der Waals surface area (Å²) in [6.45, 7) is 0.453. The predicted octanol–water partition coefficient (Wildman–Crippen LogP) is -2.10. The van der Waals surface area contributed by atoms with E-state index in [1.807, 2.05) is 5.32 Å². The molecule has 0 saturated heterocycles. The molecule has 0 rings (SSSR count). The van der Waals surface area contributed by atoms with Crippen LogP contribution in [-0.2, 0) is 19.7 Å². The van der Waals surface area contributed by atoms with Crippen molar-refractivity contribution in [3.05, 3.63) is 0 Å². The van der Waals surface area contributed by atoms with Crippen LogP contribution in [0.3, 0.4) is 0 Å². The molecule has 1 amide bonds. The Balaban J connectivity index is 4.43. The van der Waals surface area contributed by atoms with Crippen LogP contribution in [0.4, 0.5) is 0 Å². The zero-order chi connectivity index (χ0) is 15.1. The van der Waals surface area contributed by atoms with Crippen LogP contribution < -0.4 is 16.8 Å². The average molecular weight is 297 g/mol. The highest BCUT2D eigenvalue weighted by Gasteiger charge is 2.27. The molecule has 0 saturated carbocycles. The first-order valence-corrected chi connectivity index (χ1v) is 7.22. The monoisotopic (exact) mass is 297 g/mol. The molecule has 0 heterocycles. The second-order valence-electron chi connectivity index (χ2n) is 4.04. The molecule has 0 aliphatic heterocycles. The summed E-state index contributed by atoms with van der Waals surface area (Å²) >= 11 is 0. The third-order valence-corrected chi connectivity index (χ3v) is 3.05. The maximum atomic E-state index is 11.5. The number of nitrogens with two attached hydrogens (primary N) is 2. The molecule has 9 nitrogen and oxygen atoms in total. The van der Waals surface area contributed by atoms with Gasteiger partial charge in [0, 0.05) is 0 Å². The number of hydrogen-bond donors (Lipinski definition) is 5. The number of carbonyl (C=O) groups is 2. The summed E-state index contributed by atoms with van der Waals surface area (Å²) in [5, 5.41) is 10.7. The molecule has 0 bridgehead atoms. The maximum Gasteiger partial charge on any atom is 0.327 e. The van der Waals surface area contributed by atoms with Gasteiger partial charge in [-0.2, -0.15) is 8.42 Å². The summed E-state index contributed by atoms with van der Waals surface area (Å²) in [6, 6.07) is -2.68. The van der Waals surface area contributed by atoms with Crippen LogP contribution in [0.15, 0.2) is 0 Å². The quantitative estimate of drug-likeness (QED) is 0.238. The second-order valence-corrected chi connectivity index (χ2v) is 5.54. The van der Waals surface area contributed by atoms with E-state index in [0.29, 0.717) is 25.8 Å². The summed E-state index contributed by atoms with van der Waals surface area (Å²) < 4.78 is 29.8. The number of carboxylic acid groups (broad SMARTS) is 1. The lowest BCUT2D eigenvalue weighted by molar-refractivity contribution is -0.141. The molecular weight excluding hydrogens is 278 g/mol. The van der Waals surface area contributed by atoms with Crippen LogP contribution in [0.5, 0.6) is 0 Å². The normalized spacial score (nSPS) is 14.7.